The van der Waals surface area contributed by atoms with E-state index in [0.29, 0.717) is 5.22 Å². The van der Waals surface area contributed by atoms with Crippen molar-refractivity contribution in [1.82, 2.24) is 5.32 Å². The fourth-order valence-corrected chi connectivity index (χ4v) is 3.40. The van der Waals surface area contributed by atoms with Crippen LogP contribution in [-0.4, -0.2) is 6.54 Å². The molecule has 19 heavy (non-hydrogen) atoms. The zero-order valence-corrected chi connectivity index (χ0v) is 12.0. The lowest BCUT2D eigenvalue weighted by Crippen LogP contribution is -2.20. The Labute approximate surface area is 119 Å². The molecule has 2 unspecified atom stereocenters. The van der Waals surface area contributed by atoms with Gasteiger partial charge in [0.25, 0.3) is 0 Å². The summed E-state index contributed by atoms with van der Waals surface area (Å²) < 4.78 is 5.56. The second-order valence-electron chi connectivity index (χ2n) is 5.77. The molecule has 0 saturated heterocycles. The molecular formula is C16H20ClNO. The quantitative estimate of drug-likeness (QED) is 0.883. The number of furan rings is 1. The summed E-state index contributed by atoms with van der Waals surface area (Å²) in [7, 11) is 0. The van der Waals surface area contributed by atoms with Crippen LogP contribution in [0.1, 0.15) is 31.7 Å². The summed E-state index contributed by atoms with van der Waals surface area (Å²) in [6.07, 6.45) is 4.09. The van der Waals surface area contributed by atoms with Crippen molar-refractivity contribution in [2.45, 2.75) is 32.7 Å². The first kappa shape index (κ1) is 13.0. The Balaban J connectivity index is 1.63. The van der Waals surface area contributed by atoms with E-state index in [4.69, 9.17) is 16.0 Å². The van der Waals surface area contributed by atoms with Crippen LogP contribution < -0.4 is 5.32 Å². The van der Waals surface area contributed by atoms with Gasteiger partial charge >= 0.3 is 0 Å². The van der Waals surface area contributed by atoms with E-state index < -0.39 is 0 Å². The molecule has 0 aliphatic heterocycles. The highest BCUT2D eigenvalue weighted by Crippen LogP contribution is 2.31. The molecule has 1 fully saturated rings. The SMILES string of the molecule is CC1CCC(CNCc2c(Cl)oc3ccccc23)C1. The van der Waals surface area contributed by atoms with Crippen LogP contribution in [0.4, 0.5) is 0 Å². The minimum absolute atomic E-state index is 0.522. The van der Waals surface area contributed by atoms with Gasteiger partial charge in [-0.1, -0.05) is 31.5 Å². The highest BCUT2D eigenvalue weighted by molar-refractivity contribution is 6.30. The molecule has 2 nitrogen and oxygen atoms in total. The van der Waals surface area contributed by atoms with Crippen molar-refractivity contribution in [2.24, 2.45) is 11.8 Å². The predicted molar refractivity (Wildman–Crippen MR) is 79.4 cm³/mol. The number of hydrogen-bond acceptors (Lipinski definition) is 2. The monoisotopic (exact) mass is 277 g/mol. The molecule has 102 valence electrons. The molecule has 1 aliphatic rings. The molecule has 0 amide bonds. The van der Waals surface area contributed by atoms with Gasteiger partial charge in [0.1, 0.15) is 5.58 Å². The third-order valence-corrected chi connectivity index (χ3v) is 4.49. The lowest BCUT2D eigenvalue weighted by atomic mass is 10.1. The lowest BCUT2D eigenvalue weighted by Gasteiger charge is -2.10. The smallest absolute Gasteiger partial charge is 0.199 e. The number of rotatable bonds is 4. The van der Waals surface area contributed by atoms with Gasteiger partial charge in [-0.05, 0) is 48.9 Å². The summed E-state index contributed by atoms with van der Waals surface area (Å²) >= 11 is 6.18. The van der Waals surface area contributed by atoms with Crippen molar-refractivity contribution in [1.29, 1.82) is 0 Å². The van der Waals surface area contributed by atoms with E-state index in [-0.39, 0.29) is 0 Å². The van der Waals surface area contributed by atoms with E-state index in [1.807, 2.05) is 18.2 Å². The highest BCUT2D eigenvalue weighted by atomic mass is 35.5. The number of fused-ring (bicyclic) bond motifs is 1. The molecule has 2 aromatic rings. The second kappa shape index (κ2) is 5.56. The summed E-state index contributed by atoms with van der Waals surface area (Å²) in [5.41, 5.74) is 1.96. The fourth-order valence-electron chi connectivity index (χ4n) is 3.15. The Bertz CT molecular complexity index is 563. The molecule has 0 bridgehead atoms. The zero-order valence-electron chi connectivity index (χ0n) is 11.3. The minimum atomic E-state index is 0.522. The van der Waals surface area contributed by atoms with E-state index in [1.165, 1.54) is 19.3 Å². The van der Waals surface area contributed by atoms with Gasteiger partial charge in [-0.15, -0.1) is 0 Å². The molecule has 0 radical (unpaired) electrons. The molecule has 1 saturated carbocycles. The number of para-hydroxylation sites is 1. The van der Waals surface area contributed by atoms with Crippen LogP contribution in [0, 0.1) is 11.8 Å². The van der Waals surface area contributed by atoms with Crippen molar-refractivity contribution < 1.29 is 4.42 Å². The summed E-state index contributed by atoms with van der Waals surface area (Å²) in [5, 5.41) is 5.19. The minimum Gasteiger partial charge on any atom is -0.444 e. The summed E-state index contributed by atoms with van der Waals surface area (Å²) in [5.74, 6) is 1.72. The predicted octanol–water partition coefficient (Wildman–Crippen LogP) is 4.61. The van der Waals surface area contributed by atoms with Crippen LogP contribution in [-0.2, 0) is 6.54 Å². The first-order valence-corrected chi connectivity index (χ1v) is 7.48. The van der Waals surface area contributed by atoms with E-state index in [2.05, 4.69) is 18.3 Å². The van der Waals surface area contributed by atoms with Crippen molar-refractivity contribution in [3.05, 3.63) is 35.0 Å². The third-order valence-electron chi connectivity index (χ3n) is 4.19. The molecule has 1 aromatic carbocycles. The molecule has 0 spiro atoms. The fraction of sp³-hybridized carbons (Fsp3) is 0.500. The van der Waals surface area contributed by atoms with Crippen LogP contribution >= 0.6 is 11.6 Å². The topological polar surface area (TPSA) is 25.2 Å². The molecule has 2 atom stereocenters. The zero-order chi connectivity index (χ0) is 13.2. The Hall–Kier alpha value is -0.990. The van der Waals surface area contributed by atoms with Crippen molar-refractivity contribution in [2.75, 3.05) is 6.54 Å². The van der Waals surface area contributed by atoms with Crippen molar-refractivity contribution >= 4 is 22.6 Å². The van der Waals surface area contributed by atoms with E-state index >= 15 is 0 Å². The number of hydrogen-bond donors (Lipinski definition) is 1. The molecule has 1 N–H and O–H groups in total. The van der Waals surface area contributed by atoms with Crippen LogP contribution in [0.5, 0.6) is 0 Å². The van der Waals surface area contributed by atoms with Crippen molar-refractivity contribution in [3.8, 4) is 0 Å². The van der Waals surface area contributed by atoms with Gasteiger partial charge in [0.15, 0.2) is 5.22 Å². The van der Waals surface area contributed by atoms with Gasteiger partial charge < -0.3 is 9.73 Å². The first-order chi connectivity index (χ1) is 9.24. The van der Waals surface area contributed by atoms with Gasteiger partial charge in [-0.3, -0.25) is 0 Å². The lowest BCUT2D eigenvalue weighted by molar-refractivity contribution is 0.470. The average Bonchev–Trinajstić information content (AvgIpc) is 2.94. The molecular weight excluding hydrogens is 258 g/mol. The Morgan fingerprint density at radius 2 is 2.16 bits per heavy atom. The third kappa shape index (κ3) is 2.80. The molecule has 1 aliphatic carbocycles. The van der Waals surface area contributed by atoms with Crippen molar-refractivity contribution in [3.63, 3.8) is 0 Å². The normalized spacial score (nSPS) is 23.3. The molecule has 3 heteroatoms. The first-order valence-electron chi connectivity index (χ1n) is 7.10. The molecule has 3 rings (SSSR count). The van der Waals surface area contributed by atoms with E-state index in [0.717, 1.165) is 41.5 Å². The van der Waals surface area contributed by atoms with Crippen LogP contribution in [0.2, 0.25) is 5.22 Å². The van der Waals surface area contributed by atoms with Gasteiger partial charge in [0.2, 0.25) is 0 Å². The van der Waals surface area contributed by atoms with Gasteiger partial charge in [0, 0.05) is 17.5 Å². The molecule has 1 aromatic heterocycles. The largest absolute Gasteiger partial charge is 0.444 e. The van der Waals surface area contributed by atoms with Crippen LogP contribution in [0.15, 0.2) is 28.7 Å². The summed E-state index contributed by atoms with van der Waals surface area (Å²) in [6, 6.07) is 8.03. The Morgan fingerprint density at radius 1 is 1.32 bits per heavy atom. The average molecular weight is 278 g/mol. The summed E-state index contributed by atoms with van der Waals surface area (Å²) in [4.78, 5) is 0. The van der Waals surface area contributed by atoms with Crippen LogP contribution in [0.25, 0.3) is 11.0 Å². The van der Waals surface area contributed by atoms with E-state index in [1.54, 1.807) is 0 Å². The van der Waals surface area contributed by atoms with E-state index in [9.17, 15) is 0 Å². The standard InChI is InChI=1S/C16H20ClNO/c1-11-6-7-12(8-11)9-18-10-14-13-4-2-3-5-15(13)19-16(14)17/h2-5,11-12,18H,6-10H2,1H3. The van der Waals surface area contributed by atoms with Gasteiger partial charge in [0.05, 0.1) is 0 Å². The maximum Gasteiger partial charge on any atom is 0.199 e. The maximum atomic E-state index is 6.18. The van der Waals surface area contributed by atoms with Crippen LogP contribution in [0.3, 0.4) is 0 Å². The second-order valence-corrected chi connectivity index (χ2v) is 6.11. The van der Waals surface area contributed by atoms with Gasteiger partial charge in [-0.2, -0.15) is 0 Å². The maximum absolute atomic E-state index is 6.18. The molecule has 1 heterocycles. The summed E-state index contributed by atoms with van der Waals surface area (Å²) in [6.45, 7) is 4.22. The number of halogens is 1. The highest BCUT2D eigenvalue weighted by Gasteiger charge is 2.21. The Morgan fingerprint density at radius 3 is 2.95 bits per heavy atom. The number of nitrogens with one attached hydrogen (secondary N) is 1. The number of benzene rings is 1. The van der Waals surface area contributed by atoms with Gasteiger partial charge in [-0.25, -0.2) is 0 Å². The Kier molecular flexibility index (Phi) is 3.81.